The molecule has 1 aromatic carbocycles. The molecule has 0 saturated heterocycles. The van der Waals surface area contributed by atoms with E-state index < -0.39 is 0 Å². The van der Waals surface area contributed by atoms with Gasteiger partial charge in [0.1, 0.15) is 12.4 Å². The van der Waals surface area contributed by atoms with Gasteiger partial charge >= 0.3 is 0 Å². The molecule has 1 atom stereocenters. The van der Waals surface area contributed by atoms with Crippen molar-refractivity contribution >= 4 is 11.6 Å². The molecule has 0 aliphatic heterocycles. The lowest BCUT2D eigenvalue weighted by atomic mass is 10.1. The first-order chi connectivity index (χ1) is 6.59. The van der Waals surface area contributed by atoms with Crippen LogP contribution in [-0.4, -0.2) is 6.61 Å². The Labute approximate surface area is 89.3 Å². The molecule has 0 spiro atoms. The van der Waals surface area contributed by atoms with E-state index in [0.717, 1.165) is 11.3 Å². The highest BCUT2D eigenvalue weighted by molar-refractivity contribution is 6.29. The lowest BCUT2D eigenvalue weighted by Gasteiger charge is -2.09. The third-order valence-electron chi connectivity index (χ3n) is 1.78. The van der Waals surface area contributed by atoms with Crippen LogP contribution in [0.15, 0.2) is 35.9 Å². The summed E-state index contributed by atoms with van der Waals surface area (Å²) in [5, 5.41) is 0.483. The summed E-state index contributed by atoms with van der Waals surface area (Å²) < 4.78 is 5.37. The van der Waals surface area contributed by atoms with E-state index in [1.165, 1.54) is 0 Å². The molecule has 1 aromatic rings. The fraction of sp³-hybridized carbons (Fsp3) is 0.273. The Hall–Kier alpha value is -0.990. The van der Waals surface area contributed by atoms with E-state index in [1.807, 2.05) is 31.2 Å². The molecule has 0 aliphatic rings. The Balaban J connectivity index is 2.68. The van der Waals surface area contributed by atoms with Crippen LogP contribution in [0.2, 0.25) is 0 Å². The molecule has 0 aromatic heterocycles. The summed E-state index contributed by atoms with van der Waals surface area (Å²) in [4.78, 5) is 0. The van der Waals surface area contributed by atoms with Crippen molar-refractivity contribution in [3.8, 4) is 5.75 Å². The molecule has 0 heterocycles. The number of hydrogen-bond acceptors (Lipinski definition) is 2. The Morgan fingerprint density at radius 1 is 1.64 bits per heavy atom. The molecule has 1 rings (SSSR count). The molecule has 2 N–H and O–H groups in total. The molecule has 0 unspecified atom stereocenters. The normalized spacial score (nSPS) is 12.2. The summed E-state index contributed by atoms with van der Waals surface area (Å²) in [6.45, 7) is 5.80. The van der Waals surface area contributed by atoms with Crippen molar-refractivity contribution in [2.75, 3.05) is 6.61 Å². The van der Waals surface area contributed by atoms with Crippen molar-refractivity contribution < 1.29 is 4.74 Å². The minimum absolute atomic E-state index is 0.0118. The van der Waals surface area contributed by atoms with E-state index in [2.05, 4.69) is 6.58 Å². The maximum absolute atomic E-state index is 5.74. The van der Waals surface area contributed by atoms with Crippen LogP contribution in [0.5, 0.6) is 5.75 Å². The number of benzene rings is 1. The molecule has 3 heteroatoms. The van der Waals surface area contributed by atoms with Gasteiger partial charge in [0.25, 0.3) is 0 Å². The molecule has 0 aliphatic carbocycles. The second-order valence-electron chi connectivity index (χ2n) is 3.17. The third-order valence-corrected chi connectivity index (χ3v) is 1.89. The smallest absolute Gasteiger partial charge is 0.123 e. The molecule has 14 heavy (non-hydrogen) atoms. The van der Waals surface area contributed by atoms with Gasteiger partial charge < -0.3 is 10.5 Å². The second kappa shape index (κ2) is 5.03. The zero-order chi connectivity index (χ0) is 10.6. The second-order valence-corrected chi connectivity index (χ2v) is 3.70. The van der Waals surface area contributed by atoms with Crippen LogP contribution >= 0.6 is 11.6 Å². The SMILES string of the molecule is C=C(Cl)COc1cccc([C@@H](C)N)c1. The standard InChI is InChI=1S/C11H14ClNO/c1-8(12)7-14-11-5-3-4-10(6-11)9(2)13/h3-6,9H,1,7,13H2,2H3/t9-/m1/s1. The largest absolute Gasteiger partial charge is 0.488 e. The van der Waals surface area contributed by atoms with Gasteiger partial charge in [-0.05, 0) is 24.6 Å². The van der Waals surface area contributed by atoms with Crippen molar-refractivity contribution in [2.24, 2.45) is 5.73 Å². The first-order valence-corrected chi connectivity index (χ1v) is 4.79. The molecule has 0 saturated carbocycles. The summed E-state index contributed by atoms with van der Waals surface area (Å²) in [5.74, 6) is 0.765. The van der Waals surface area contributed by atoms with Crippen LogP contribution in [0.3, 0.4) is 0 Å². The van der Waals surface area contributed by atoms with Gasteiger partial charge in [0, 0.05) is 11.1 Å². The molecule has 0 fully saturated rings. The van der Waals surface area contributed by atoms with E-state index in [4.69, 9.17) is 22.1 Å². The summed E-state index contributed by atoms with van der Waals surface area (Å²) in [7, 11) is 0. The quantitative estimate of drug-likeness (QED) is 0.831. The molecule has 0 amide bonds. The van der Waals surface area contributed by atoms with Gasteiger partial charge in [-0.1, -0.05) is 30.3 Å². The summed E-state index contributed by atoms with van der Waals surface area (Å²) in [6, 6.07) is 7.66. The highest BCUT2D eigenvalue weighted by atomic mass is 35.5. The number of rotatable bonds is 4. The average Bonchev–Trinajstić information content (AvgIpc) is 2.15. The highest BCUT2D eigenvalue weighted by Gasteiger charge is 2.01. The van der Waals surface area contributed by atoms with Gasteiger partial charge in [-0.15, -0.1) is 0 Å². The molecule has 76 valence electrons. The van der Waals surface area contributed by atoms with Gasteiger partial charge in [-0.25, -0.2) is 0 Å². The minimum atomic E-state index is 0.0118. The van der Waals surface area contributed by atoms with E-state index in [-0.39, 0.29) is 6.04 Å². The van der Waals surface area contributed by atoms with Crippen molar-refractivity contribution in [2.45, 2.75) is 13.0 Å². The van der Waals surface area contributed by atoms with E-state index in [1.54, 1.807) is 0 Å². The van der Waals surface area contributed by atoms with Gasteiger partial charge in [-0.3, -0.25) is 0 Å². The number of ether oxygens (including phenoxy) is 1. The number of hydrogen-bond donors (Lipinski definition) is 1. The van der Waals surface area contributed by atoms with Gasteiger partial charge in [0.05, 0.1) is 0 Å². The van der Waals surface area contributed by atoms with Crippen molar-refractivity contribution in [1.29, 1.82) is 0 Å². The first-order valence-electron chi connectivity index (χ1n) is 4.41. The highest BCUT2D eigenvalue weighted by Crippen LogP contribution is 2.18. The fourth-order valence-electron chi connectivity index (χ4n) is 1.05. The summed E-state index contributed by atoms with van der Waals surface area (Å²) >= 11 is 5.59. The Bertz CT molecular complexity index is 323. The van der Waals surface area contributed by atoms with Crippen LogP contribution in [0, 0.1) is 0 Å². The molecular weight excluding hydrogens is 198 g/mol. The Kier molecular flexibility index (Phi) is 3.98. The molecule has 0 radical (unpaired) electrons. The van der Waals surface area contributed by atoms with Gasteiger partial charge in [0.15, 0.2) is 0 Å². The first kappa shape index (κ1) is 11.1. The number of nitrogens with two attached hydrogens (primary N) is 1. The maximum Gasteiger partial charge on any atom is 0.123 e. The summed E-state index contributed by atoms with van der Waals surface area (Å²) in [6.07, 6.45) is 0. The lowest BCUT2D eigenvalue weighted by molar-refractivity contribution is 0.359. The van der Waals surface area contributed by atoms with Crippen LogP contribution in [0.4, 0.5) is 0 Å². The van der Waals surface area contributed by atoms with E-state index in [9.17, 15) is 0 Å². The zero-order valence-corrected chi connectivity index (χ0v) is 8.92. The van der Waals surface area contributed by atoms with Crippen LogP contribution in [-0.2, 0) is 0 Å². The van der Waals surface area contributed by atoms with E-state index in [0.29, 0.717) is 11.6 Å². The maximum atomic E-state index is 5.74. The van der Waals surface area contributed by atoms with Crippen molar-refractivity contribution in [3.05, 3.63) is 41.4 Å². The van der Waals surface area contributed by atoms with Crippen molar-refractivity contribution in [1.82, 2.24) is 0 Å². The zero-order valence-electron chi connectivity index (χ0n) is 8.16. The number of halogens is 1. The van der Waals surface area contributed by atoms with E-state index >= 15 is 0 Å². The van der Waals surface area contributed by atoms with Gasteiger partial charge in [-0.2, -0.15) is 0 Å². The topological polar surface area (TPSA) is 35.2 Å². The van der Waals surface area contributed by atoms with Crippen LogP contribution in [0.1, 0.15) is 18.5 Å². The van der Waals surface area contributed by atoms with Gasteiger partial charge in [0.2, 0.25) is 0 Å². The minimum Gasteiger partial charge on any atom is -0.488 e. The third kappa shape index (κ3) is 3.40. The molecule has 2 nitrogen and oxygen atoms in total. The van der Waals surface area contributed by atoms with Crippen LogP contribution < -0.4 is 10.5 Å². The van der Waals surface area contributed by atoms with Crippen molar-refractivity contribution in [3.63, 3.8) is 0 Å². The van der Waals surface area contributed by atoms with Crippen LogP contribution in [0.25, 0.3) is 0 Å². The fourth-order valence-corrected chi connectivity index (χ4v) is 1.10. The monoisotopic (exact) mass is 211 g/mol. The Morgan fingerprint density at radius 3 is 2.93 bits per heavy atom. The molecular formula is C11H14ClNO. The predicted octanol–water partition coefficient (Wildman–Crippen LogP) is 2.84. The average molecular weight is 212 g/mol. The predicted molar refractivity (Wildman–Crippen MR) is 59.5 cm³/mol. The lowest BCUT2D eigenvalue weighted by Crippen LogP contribution is -2.05. The molecule has 0 bridgehead atoms. The Morgan fingerprint density at radius 2 is 2.36 bits per heavy atom. The summed E-state index contributed by atoms with van der Waals surface area (Å²) in [5.41, 5.74) is 6.78.